The van der Waals surface area contributed by atoms with Crippen LogP contribution in [-0.4, -0.2) is 18.4 Å². The highest BCUT2D eigenvalue weighted by Crippen LogP contribution is 2.84. The number of carbonyl (C=O) groups excluding carboxylic acids is 2. The zero-order valence-electron chi connectivity index (χ0n) is 16.8. The van der Waals surface area contributed by atoms with Gasteiger partial charge in [0.1, 0.15) is 0 Å². The number of rotatable bonds is 4. The molecule has 2 unspecified atom stereocenters. The minimum atomic E-state index is -0.830. The van der Waals surface area contributed by atoms with Crippen molar-refractivity contribution in [3.63, 3.8) is 0 Å². The molecule has 30 heavy (non-hydrogen) atoms. The van der Waals surface area contributed by atoms with Crippen LogP contribution in [0.15, 0.2) is 78.9 Å². The van der Waals surface area contributed by atoms with E-state index in [4.69, 9.17) is 4.74 Å². The highest BCUT2D eigenvalue weighted by Gasteiger charge is 2.86. The number of benzene rings is 3. The van der Waals surface area contributed by atoms with Crippen LogP contribution in [0.3, 0.4) is 0 Å². The van der Waals surface area contributed by atoms with Gasteiger partial charge in [-0.2, -0.15) is 0 Å². The molecule has 4 aliphatic carbocycles. The van der Waals surface area contributed by atoms with Gasteiger partial charge in [-0.3, -0.25) is 9.59 Å². The van der Waals surface area contributed by atoms with Crippen LogP contribution in [0.25, 0.3) is 0 Å². The molecule has 2 bridgehead atoms. The Bertz CT molecular complexity index is 1150. The van der Waals surface area contributed by atoms with Gasteiger partial charge in [0.05, 0.1) is 17.4 Å². The summed E-state index contributed by atoms with van der Waals surface area (Å²) in [5.41, 5.74) is 3.76. The van der Waals surface area contributed by atoms with Gasteiger partial charge in [-0.05, 0) is 35.6 Å². The maximum absolute atomic E-state index is 14.1. The van der Waals surface area contributed by atoms with Crippen LogP contribution >= 0.6 is 0 Å². The average Bonchev–Trinajstić information content (AvgIpc) is 3.52. The molecule has 0 spiro atoms. The van der Waals surface area contributed by atoms with Crippen molar-refractivity contribution in [2.24, 2.45) is 10.8 Å². The minimum absolute atomic E-state index is 0.0650. The van der Waals surface area contributed by atoms with Crippen LogP contribution < -0.4 is 0 Å². The molecular weight excluding hydrogens is 372 g/mol. The highest BCUT2D eigenvalue weighted by molar-refractivity contribution is 6.10. The van der Waals surface area contributed by atoms with Crippen LogP contribution in [0.1, 0.15) is 57.8 Å². The monoisotopic (exact) mass is 394 g/mol. The number of hydrogen-bond acceptors (Lipinski definition) is 3. The van der Waals surface area contributed by atoms with Crippen molar-refractivity contribution in [1.29, 1.82) is 0 Å². The molecule has 0 N–H and O–H groups in total. The number of ketones is 1. The van der Waals surface area contributed by atoms with Crippen LogP contribution in [0.2, 0.25) is 0 Å². The molecule has 1 saturated carbocycles. The quantitative estimate of drug-likeness (QED) is 0.457. The fourth-order valence-electron chi connectivity index (χ4n) is 6.48. The van der Waals surface area contributed by atoms with Gasteiger partial charge in [0, 0.05) is 17.4 Å². The predicted octanol–water partition coefficient (Wildman–Crippen LogP) is 5.10. The molecule has 3 heteroatoms. The van der Waals surface area contributed by atoms with Gasteiger partial charge in [0.2, 0.25) is 0 Å². The summed E-state index contributed by atoms with van der Waals surface area (Å²) in [6.45, 7) is 2.15. The molecule has 1 fully saturated rings. The largest absolute Gasteiger partial charge is 0.466 e. The van der Waals surface area contributed by atoms with E-state index in [0.29, 0.717) is 18.6 Å². The Morgan fingerprint density at radius 1 is 0.767 bits per heavy atom. The molecule has 2 atom stereocenters. The lowest BCUT2D eigenvalue weighted by Crippen LogP contribution is -2.47. The third-order valence-corrected chi connectivity index (χ3v) is 7.53. The van der Waals surface area contributed by atoms with Crippen LogP contribution in [0.5, 0.6) is 0 Å². The molecule has 7 rings (SSSR count). The first-order valence-corrected chi connectivity index (χ1v) is 10.6. The summed E-state index contributed by atoms with van der Waals surface area (Å²) in [6, 6.07) is 26.1. The Morgan fingerprint density at radius 2 is 1.23 bits per heavy atom. The minimum Gasteiger partial charge on any atom is -0.466 e. The molecule has 0 amide bonds. The summed E-state index contributed by atoms with van der Waals surface area (Å²) in [4.78, 5) is 27.6. The molecule has 0 saturated heterocycles. The Hall–Kier alpha value is -3.20. The van der Waals surface area contributed by atoms with Crippen LogP contribution in [0, 0.1) is 10.8 Å². The lowest BCUT2D eigenvalue weighted by atomic mass is 9.53. The van der Waals surface area contributed by atoms with E-state index >= 15 is 0 Å². The summed E-state index contributed by atoms with van der Waals surface area (Å²) in [7, 11) is 0. The smallest absolute Gasteiger partial charge is 0.314 e. The Labute approximate surface area is 175 Å². The number of ether oxygens (including phenoxy) is 1. The van der Waals surface area contributed by atoms with Gasteiger partial charge in [-0.25, -0.2) is 0 Å². The van der Waals surface area contributed by atoms with Gasteiger partial charge in [-0.15, -0.1) is 0 Å². The summed E-state index contributed by atoms with van der Waals surface area (Å²) in [5, 5.41) is 0. The van der Waals surface area contributed by atoms with Crippen molar-refractivity contribution in [2.75, 3.05) is 6.61 Å². The number of hydrogen-bond donors (Lipinski definition) is 0. The maximum atomic E-state index is 14.1. The van der Waals surface area contributed by atoms with Gasteiger partial charge in [-0.1, -0.05) is 78.9 Å². The molecule has 0 radical (unpaired) electrons. The van der Waals surface area contributed by atoms with Crippen LogP contribution in [-0.2, 0) is 9.53 Å². The summed E-state index contributed by atoms with van der Waals surface area (Å²) >= 11 is 0. The molecule has 0 heterocycles. The van der Waals surface area contributed by atoms with Gasteiger partial charge in [0.25, 0.3) is 0 Å². The molecule has 3 aromatic carbocycles. The van der Waals surface area contributed by atoms with Crippen molar-refractivity contribution in [1.82, 2.24) is 0 Å². The van der Waals surface area contributed by atoms with Gasteiger partial charge < -0.3 is 4.74 Å². The number of Topliss-reactive ketones (excluding diaryl/α,β-unsaturated/α-hetero) is 1. The second-order valence-corrected chi connectivity index (χ2v) is 8.66. The molecule has 0 aromatic heterocycles. The van der Waals surface area contributed by atoms with Crippen molar-refractivity contribution in [2.45, 2.75) is 25.2 Å². The van der Waals surface area contributed by atoms with E-state index in [0.717, 1.165) is 0 Å². The fourth-order valence-corrected chi connectivity index (χ4v) is 6.48. The lowest BCUT2D eigenvalue weighted by Gasteiger charge is -2.48. The molecule has 148 valence electrons. The van der Waals surface area contributed by atoms with Gasteiger partial charge >= 0.3 is 5.97 Å². The van der Waals surface area contributed by atoms with Gasteiger partial charge in [0.15, 0.2) is 5.78 Å². The van der Waals surface area contributed by atoms with Crippen molar-refractivity contribution < 1.29 is 14.3 Å². The average molecular weight is 394 g/mol. The molecular formula is C27H22O3. The van der Waals surface area contributed by atoms with E-state index in [-0.39, 0.29) is 23.6 Å². The van der Waals surface area contributed by atoms with E-state index in [2.05, 4.69) is 24.3 Å². The molecule has 4 aliphatic rings. The number of carbonyl (C=O) groups is 2. The van der Waals surface area contributed by atoms with E-state index in [1.165, 1.54) is 22.3 Å². The second-order valence-electron chi connectivity index (χ2n) is 8.66. The zero-order valence-corrected chi connectivity index (χ0v) is 16.8. The Kier molecular flexibility index (Phi) is 3.48. The fraction of sp³-hybridized carbons (Fsp3) is 0.259. The van der Waals surface area contributed by atoms with Crippen molar-refractivity contribution in [3.8, 4) is 0 Å². The normalized spacial score (nSPS) is 29.4. The molecule has 3 aromatic rings. The summed E-state index contributed by atoms with van der Waals surface area (Å²) in [6.07, 6.45) is 0.533. The number of esters is 1. The van der Waals surface area contributed by atoms with Crippen molar-refractivity contribution in [3.05, 3.63) is 107 Å². The second kappa shape index (κ2) is 5.91. The Balaban J connectivity index is 1.66. The lowest BCUT2D eigenvalue weighted by molar-refractivity contribution is -0.152. The van der Waals surface area contributed by atoms with Crippen LogP contribution in [0.4, 0.5) is 0 Å². The van der Waals surface area contributed by atoms with E-state index in [1.54, 1.807) is 0 Å². The highest BCUT2D eigenvalue weighted by atomic mass is 16.5. The zero-order chi connectivity index (χ0) is 20.5. The summed E-state index contributed by atoms with van der Waals surface area (Å²) < 4.78 is 5.63. The SMILES string of the molecule is CCOC(=O)C12CC1(C(=O)c1ccccc1)C1c3ccccc3C2c2ccccc21. The first-order valence-electron chi connectivity index (χ1n) is 10.6. The molecule has 3 nitrogen and oxygen atoms in total. The first kappa shape index (κ1) is 17.6. The first-order chi connectivity index (χ1) is 14.7. The topological polar surface area (TPSA) is 43.4 Å². The predicted molar refractivity (Wildman–Crippen MR) is 113 cm³/mol. The third kappa shape index (κ3) is 1.86. The van der Waals surface area contributed by atoms with Crippen molar-refractivity contribution >= 4 is 11.8 Å². The summed E-state index contributed by atoms with van der Waals surface area (Å²) in [5.74, 6) is -0.447. The van der Waals surface area contributed by atoms with E-state index in [1.807, 2.05) is 61.5 Å². The standard InChI is InChI=1S/C27H22O3/c1-2-30-25(29)27-16-26(27,24(28)17-10-4-3-5-11-17)22-18-12-6-8-14-20(18)23(27)21-15-9-7-13-19(21)22/h3-15,22-23H,2,16H2,1H3. The van der Waals surface area contributed by atoms with E-state index in [9.17, 15) is 9.59 Å². The maximum Gasteiger partial charge on any atom is 0.314 e. The Morgan fingerprint density at radius 3 is 1.73 bits per heavy atom. The third-order valence-electron chi connectivity index (χ3n) is 7.53. The molecule has 0 aliphatic heterocycles. The van der Waals surface area contributed by atoms with E-state index < -0.39 is 10.8 Å².